The molecule has 0 bridgehead atoms. The van der Waals surface area contributed by atoms with Crippen LogP contribution in [0.2, 0.25) is 0 Å². The van der Waals surface area contributed by atoms with Crippen molar-refractivity contribution in [2.45, 2.75) is 19.3 Å². The van der Waals surface area contributed by atoms with Crippen molar-refractivity contribution in [3.8, 4) is 0 Å². The maximum Gasteiger partial charge on any atom is 0.414 e. The van der Waals surface area contributed by atoms with Crippen LogP contribution in [0.3, 0.4) is 0 Å². The van der Waals surface area contributed by atoms with E-state index in [1.165, 1.54) is 19.3 Å². The summed E-state index contributed by atoms with van der Waals surface area (Å²) < 4.78 is 0. The van der Waals surface area contributed by atoms with Gasteiger partial charge in [0.15, 0.2) is 0 Å². The third kappa shape index (κ3) is 13.5. The molecule has 0 radical (unpaired) electrons. The first-order valence-corrected chi connectivity index (χ1v) is 5.98. The van der Waals surface area contributed by atoms with Crippen molar-refractivity contribution in [2.75, 3.05) is 11.5 Å². The molecule has 0 atom stereocenters. The molecule has 1 fully saturated rings. The topological polar surface area (TPSA) is 127 Å². The van der Waals surface area contributed by atoms with Gasteiger partial charge in [-0.05, 0) is 25.3 Å². The van der Waals surface area contributed by atoms with Gasteiger partial charge in [-0.1, -0.05) is 6.42 Å². The summed E-state index contributed by atoms with van der Waals surface area (Å²) in [4.78, 5) is 18.9. The summed E-state index contributed by atoms with van der Waals surface area (Å²) in [6.45, 7) is 0.917. The fraction of sp³-hybridized carbons (Fsp3) is 0.750. The zero-order chi connectivity index (χ0) is 12.3. The average molecular weight is 400 g/mol. The molecule has 0 saturated heterocycles. The second-order valence-electron chi connectivity index (χ2n) is 2.77. The Balaban J connectivity index is 0. The minimum atomic E-state index is -1.82. The molecule has 1 saturated carbocycles. The van der Waals surface area contributed by atoms with E-state index in [4.69, 9.17) is 31.3 Å². The van der Waals surface area contributed by atoms with E-state index in [9.17, 15) is 0 Å². The third-order valence-electron chi connectivity index (χ3n) is 1.74. The van der Waals surface area contributed by atoms with Crippen LogP contribution in [0.15, 0.2) is 0 Å². The largest absolute Gasteiger partial charge is 0.473 e. The van der Waals surface area contributed by atoms with Crippen molar-refractivity contribution in [1.82, 2.24) is 0 Å². The fourth-order valence-electron chi connectivity index (χ4n) is 0.729. The summed E-state index contributed by atoms with van der Waals surface area (Å²) in [6.07, 6.45) is 4.19. The van der Waals surface area contributed by atoms with E-state index in [1.54, 1.807) is 0 Å². The van der Waals surface area contributed by atoms with Crippen LogP contribution in [0.25, 0.3) is 0 Å². The minimum Gasteiger partial charge on any atom is -0.473 e. The van der Waals surface area contributed by atoms with Gasteiger partial charge in [0, 0.05) is 0 Å². The standard InChI is InChI=1S/C5H11N.C2H2O4.CH4N.Pt/c6-4-5-2-1-3-5;3-1(4)2(5)6;1-2;/h5H,1-4,6H2;(H,3,4)(H,5,6);1-2H2;. The number of carboxylic acid groups (broad SMARTS) is 2. The van der Waals surface area contributed by atoms with Crippen molar-refractivity contribution in [3.05, 3.63) is 0 Å². The smallest absolute Gasteiger partial charge is 0.414 e. The van der Waals surface area contributed by atoms with Crippen LogP contribution in [0.1, 0.15) is 19.3 Å². The number of hydrogen-bond acceptors (Lipinski definition) is 4. The van der Waals surface area contributed by atoms with Gasteiger partial charge in [0.2, 0.25) is 0 Å². The summed E-state index contributed by atoms with van der Waals surface area (Å²) in [7, 11) is 0. The summed E-state index contributed by atoms with van der Waals surface area (Å²) in [6, 6.07) is 0. The van der Waals surface area contributed by atoms with Gasteiger partial charge in [-0.25, -0.2) is 9.59 Å². The zero-order valence-electron chi connectivity index (χ0n) is 8.29. The molecule has 0 amide bonds. The SMILES string of the molecule is NCC1CCC1.N[CH2][Pt].O=C(O)C(=O)O. The Morgan fingerprint density at radius 1 is 1.20 bits per heavy atom. The monoisotopic (exact) mass is 400 g/mol. The van der Waals surface area contributed by atoms with Crippen LogP contribution in [-0.4, -0.2) is 33.6 Å². The van der Waals surface area contributed by atoms with Gasteiger partial charge in [0.25, 0.3) is 0 Å². The molecular weight excluding hydrogens is 383 g/mol. The molecule has 1 aliphatic carbocycles. The Labute approximate surface area is 99.9 Å². The Morgan fingerprint density at radius 2 is 1.53 bits per heavy atom. The van der Waals surface area contributed by atoms with Gasteiger partial charge in [-0.2, -0.15) is 0 Å². The Kier molecular flexibility index (Phi) is 13.1. The van der Waals surface area contributed by atoms with Crippen molar-refractivity contribution < 1.29 is 39.6 Å². The molecule has 0 spiro atoms. The first-order chi connectivity index (χ1) is 6.99. The van der Waals surface area contributed by atoms with Crippen molar-refractivity contribution in [1.29, 1.82) is 0 Å². The summed E-state index contributed by atoms with van der Waals surface area (Å²) in [5.74, 6) is -2.75. The van der Waals surface area contributed by atoms with E-state index in [1.807, 2.05) is 0 Å². The Hall–Kier alpha value is -0.452. The number of hydrogen-bond donors (Lipinski definition) is 4. The second kappa shape index (κ2) is 11.6. The van der Waals surface area contributed by atoms with Gasteiger partial charge in [-0.3, -0.25) is 0 Å². The molecule has 0 unspecified atom stereocenters. The number of carboxylic acids is 2. The van der Waals surface area contributed by atoms with E-state index in [2.05, 4.69) is 19.8 Å². The van der Waals surface area contributed by atoms with E-state index in [-0.39, 0.29) is 0 Å². The number of nitrogens with two attached hydrogens (primary N) is 2. The van der Waals surface area contributed by atoms with Gasteiger partial charge in [-0.15, -0.1) is 0 Å². The van der Waals surface area contributed by atoms with E-state index in [0.717, 1.165) is 17.4 Å². The van der Waals surface area contributed by atoms with Crippen LogP contribution >= 0.6 is 0 Å². The predicted octanol–water partition coefficient (Wildman–Crippen LogP) is -0.650. The molecule has 7 heteroatoms. The van der Waals surface area contributed by atoms with Crippen LogP contribution in [-0.2, 0) is 29.4 Å². The molecule has 6 N–H and O–H groups in total. The maximum absolute atomic E-state index is 9.10. The maximum atomic E-state index is 9.10. The normalized spacial score (nSPS) is 13.6. The van der Waals surface area contributed by atoms with Crippen molar-refractivity contribution in [3.63, 3.8) is 0 Å². The first-order valence-electron chi connectivity index (χ1n) is 4.37. The van der Waals surface area contributed by atoms with E-state index in [0.29, 0.717) is 0 Å². The molecule has 15 heavy (non-hydrogen) atoms. The molecule has 0 aromatic rings. The van der Waals surface area contributed by atoms with Gasteiger partial charge < -0.3 is 15.9 Å². The molecule has 1 rings (SSSR count). The third-order valence-corrected chi connectivity index (χ3v) is 1.74. The number of carbonyl (C=O) groups is 2. The zero-order valence-corrected chi connectivity index (χ0v) is 10.6. The number of aliphatic carboxylic acids is 2. The van der Waals surface area contributed by atoms with Gasteiger partial charge >= 0.3 is 42.4 Å². The Bertz CT molecular complexity index is 171. The molecule has 6 nitrogen and oxygen atoms in total. The second-order valence-corrected chi connectivity index (χ2v) is 3.70. The first kappa shape index (κ1) is 17.0. The Morgan fingerprint density at radius 3 is 1.53 bits per heavy atom. The molecule has 0 aromatic carbocycles. The molecule has 93 valence electrons. The average Bonchev–Trinajstić information content (AvgIpc) is 2.04. The summed E-state index contributed by atoms with van der Waals surface area (Å²) in [5.41, 5.74) is 10.2. The van der Waals surface area contributed by atoms with Crippen LogP contribution < -0.4 is 11.5 Å². The summed E-state index contributed by atoms with van der Waals surface area (Å²) in [5, 5.41) is 14.8. The van der Waals surface area contributed by atoms with E-state index < -0.39 is 11.9 Å². The summed E-state index contributed by atoms with van der Waals surface area (Å²) >= 11 is 2.05. The molecule has 0 aromatic heterocycles. The molecule has 0 aliphatic heterocycles. The minimum absolute atomic E-state index is 0.722. The van der Waals surface area contributed by atoms with Crippen LogP contribution in [0.4, 0.5) is 0 Å². The molecule has 1 aliphatic rings. The molecule has 0 heterocycles. The predicted molar refractivity (Wildman–Crippen MR) is 50.7 cm³/mol. The van der Waals surface area contributed by atoms with Gasteiger partial charge in [0.05, 0.1) is 0 Å². The van der Waals surface area contributed by atoms with Crippen LogP contribution in [0, 0.1) is 5.92 Å². The van der Waals surface area contributed by atoms with Crippen molar-refractivity contribution >= 4 is 11.9 Å². The van der Waals surface area contributed by atoms with Gasteiger partial charge in [0.1, 0.15) is 0 Å². The molecular formula is C8H17N2O4Pt. The van der Waals surface area contributed by atoms with Crippen molar-refractivity contribution in [2.24, 2.45) is 17.4 Å². The quantitative estimate of drug-likeness (QED) is 0.434. The van der Waals surface area contributed by atoms with E-state index >= 15 is 0 Å². The fourth-order valence-corrected chi connectivity index (χ4v) is 0.729. The number of rotatable bonds is 1. The van der Waals surface area contributed by atoms with Crippen LogP contribution in [0.5, 0.6) is 0 Å².